The van der Waals surface area contributed by atoms with Crippen LogP contribution in [0, 0.1) is 0 Å². The van der Waals surface area contributed by atoms with E-state index in [4.69, 9.17) is 26.4 Å². The maximum atomic E-state index is 12.1. The molecule has 0 aliphatic heterocycles. The van der Waals surface area contributed by atoms with Gasteiger partial charge in [0.05, 0.1) is 14.2 Å². The molecule has 0 fully saturated rings. The SMILES string of the molecule is COCCCNC(=S)NC(=O)c1cc(OC)cc(OC)c1. The maximum Gasteiger partial charge on any atom is 0.257 e. The highest BCUT2D eigenvalue weighted by molar-refractivity contribution is 7.80. The van der Waals surface area contributed by atoms with Gasteiger partial charge in [0, 0.05) is 31.9 Å². The van der Waals surface area contributed by atoms with E-state index in [0.29, 0.717) is 30.2 Å². The summed E-state index contributed by atoms with van der Waals surface area (Å²) in [6.45, 7) is 1.27. The standard InChI is InChI=1S/C14H20N2O4S/c1-18-6-4-5-15-14(21)16-13(17)10-7-11(19-2)9-12(8-10)20-3/h7-9H,4-6H2,1-3H3,(H2,15,16,17,21). The van der Waals surface area contributed by atoms with Crippen molar-refractivity contribution >= 4 is 23.2 Å². The van der Waals surface area contributed by atoms with Crippen LogP contribution in [-0.4, -0.2) is 45.5 Å². The van der Waals surface area contributed by atoms with E-state index in [9.17, 15) is 4.79 Å². The summed E-state index contributed by atoms with van der Waals surface area (Å²) in [7, 11) is 4.69. The normalized spacial score (nSPS) is 9.86. The summed E-state index contributed by atoms with van der Waals surface area (Å²) in [5, 5.41) is 5.81. The summed E-state index contributed by atoms with van der Waals surface area (Å²) < 4.78 is 15.2. The number of rotatable bonds is 7. The van der Waals surface area contributed by atoms with Crippen LogP contribution in [0.5, 0.6) is 11.5 Å². The molecule has 21 heavy (non-hydrogen) atoms. The third kappa shape index (κ3) is 5.97. The van der Waals surface area contributed by atoms with E-state index in [1.165, 1.54) is 14.2 Å². The van der Waals surface area contributed by atoms with Gasteiger partial charge in [-0.2, -0.15) is 0 Å². The van der Waals surface area contributed by atoms with E-state index >= 15 is 0 Å². The minimum atomic E-state index is -0.323. The van der Waals surface area contributed by atoms with Gasteiger partial charge in [-0.15, -0.1) is 0 Å². The molecule has 0 bridgehead atoms. The molecule has 0 heterocycles. The van der Waals surface area contributed by atoms with Gasteiger partial charge in [0.25, 0.3) is 5.91 Å². The summed E-state index contributed by atoms with van der Waals surface area (Å²) in [6, 6.07) is 4.93. The van der Waals surface area contributed by atoms with Crippen LogP contribution in [0.25, 0.3) is 0 Å². The third-order valence-corrected chi connectivity index (χ3v) is 2.90. The van der Waals surface area contributed by atoms with Crippen LogP contribution >= 0.6 is 12.2 Å². The number of hydrogen-bond donors (Lipinski definition) is 2. The Morgan fingerprint density at radius 3 is 2.29 bits per heavy atom. The summed E-state index contributed by atoms with van der Waals surface area (Å²) in [4.78, 5) is 12.1. The van der Waals surface area contributed by atoms with Gasteiger partial charge in [-0.05, 0) is 30.8 Å². The first-order chi connectivity index (χ1) is 10.1. The van der Waals surface area contributed by atoms with Crippen LogP contribution in [0.15, 0.2) is 18.2 Å². The molecule has 0 radical (unpaired) electrons. The van der Waals surface area contributed by atoms with Crippen LogP contribution < -0.4 is 20.1 Å². The lowest BCUT2D eigenvalue weighted by Gasteiger charge is -2.11. The second-order valence-electron chi connectivity index (χ2n) is 4.16. The molecule has 6 nitrogen and oxygen atoms in total. The maximum absolute atomic E-state index is 12.1. The molecular weight excluding hydrogens is 292 g/mol. The molecule has 1 aromatic carbocycles. The lowest BCUT2D eigenvalue weighted by molar-refractivity contribution is 0.0976. The van der Waals surface area contributed by atoms with E-state index in [1.807, 2.05) is 0 Å². The van der Waals surface area contributed by atoms with Crippen LogP contribution in [0.1, 0.15) is 16.8 Å². The highest BCUT2D eigenvalue weighted by atomic mass is 32.1. The molecule has 1 aromatic rings. The monoisotopic (exact) mass is 312 g/mol. The zero-order valence-corrected chi connectivity index (χ0v) is 13.2. The predicted molar refractivity (Wildman–Crippen MR) is 84.1 cm³/mol. The Kier molecular flexibility index (Phi) is 7.49. The summed E-state index contributed by atoms with van der Waals surface area (Å²) in [5.74, 6) is 0.758. The van der Waals surface area contributed by atoms with Crippen LogP contribution in [0.4, 0.5) is 0 Å². The van der Waals surface area contributed by atoms with E-state index in [-0.39, 0.29) is 11.0 Å². The second-order valence-corrected chi connectivity index (χ2v) is 4.57. The highest BCUT2D eigenvalue weighted by Crippen LogP contribution is 2.22. The molecule has 0 aliphatic carbocycles. The Labute approximate surface area is 129 Å². The first kappa shape index (κ1) is 17.2. The topological polar surface area (TPSA) is 68.8 Å². The molecule has 0 unspecified atom stereocenters. The molecule has 0 aromatic heterocycles. The Morgan fingerprint density at radius 1 is 1.14 bits per heavy atom. The Bertz CT molecular complexity index is 472. The summed E-state index contributed by atoms with van der Waals surface area (Å²) in [6.07, 6.45) is 0.805. The highest BCUT2D eigenvalue weighted by Gasteiger charge is 2.11. The van der Waals surface area contributed by atoms with Gasteiger partial charge >= 0.3 is 0 Å². The van der Waals surface area contributed by atoms with Gasteiger partial charge in [-0.1, -0.05) is 0 Å². The summed E-state index contributed by atoms with van der Waals surface area (Å²) in [5.41, 5.74) is 0.409. The largest absolute Gasteiger partial charge is 0.497 e. The van der Waals surface area contributed by atoms with Crippen molar-refractivity contribution in [1.82, 2.24) is 10.6 Å². The Hall–Kier alpha value is -1.86. The number of ether oxygens (including phenoxy) is 3. The first-order valence-corrected chi connectivity index (χ1v) is 6.82. The fourth-order valence-corrected chi connectivity index (χ4v) is 1.77. The molecule has 0 saturated heterocycles. The van der Waals surface area contributed by atoms with E-state index in [0.717, 1.165) is 6.42 Å². The number of methoxy groups -OCH3 is 3. The number of thiocarbonyl (C=S) groups is 1. The van der Waals surface area contributed by atoms with Gasteiger partial charge in [0.15, 0.2) is 5.11 Å². The smallest absolute Gasteiger partial charge is 0.257 e. The molecule has 0 aliphatic rings. The van der Waals surface area contributed by atoms with Crippen molar-refractivity contribution in [2.75, 3.05) is 34.5 Å². The Morgan fingerprint density at radius 2 is 1.76 bits per heavy atom. The fourth-order valence-electron chi connectivity index (χ4n) is 1.58. The zero-order chi connectivity index (χ0) is 15.7. The van der Waals surface area contributed by atoms with Crippen molar-refractivity contribution in [1.29, 1.82) is 0 Å². The fraction of sp³-hybridized carbons (Fsp3) is 0.429. The van der Waals surface area contributed by atoms with Gasteiger partial charge in [0.1, 0.15) is 11.5 Å². The molecule has 1 amide bonds. The summed E-state index contributed by atoms with van der Waals surface area (Å²) >= 11 is 5.06. The quantitative estimate of drug-likeness (QED) is 0.585. The van der Waals surface area contributed by atoms with Crippen molar-refractivity contribution in [2.45, 2.75) is 6.42 Å². The lowest BCUT2D eigenvalue weighted by Crippen LogP contribution is -2.39. The predicted octanol–water partition coefficient (Wildman–Crippen LogP) is 1.34. The number of amides is 1. The van der Waals surface area contributed by atoms with Crippen LogP contribution in [0.2, 0.25) is 0 Å². The van der Waals surface area contributed by atoms with Crippen molar-refractivity contribution in [2.24, 2.45) is 0 Å². The van der Waals surface area contributed by atoms with E-state index < -0.39 is 0 Å². The first-order valence-electron chi connectivity index (χ1n) is 6.42. The minimum Gasteiger partial charge on any atom is -0.497 e. The number of carbonyl (C=O) groups excluding carboxylic acids is 1. The molecule has 0 spiro atoms. The average Bonchev–Trinajstić information content (AvgIpc) is 2.50. The van der Waals surface area contributed by atoms with E-state index in [2.05, 4.69) is 10.6 Å². The minimum absolute atomic E-state index is 0.276. The van der Waals surface area contributed by atoms with Gasteiger partial charge < -0.3 is 19.5 Å². The molecule has 2 N–H and O–H groups in total. The average molecular weight is 312 g/mol. The van der Waals surface area contributed by atoms with Crippen LogP contribution in [0.3, 0.4) is 0 Å². The number of benzene rings is 1. The number of hydrogen-bond acceptors (Lipinski definition) is 5. The van der Waals surface area contributed by atoms with Crippen molar-refractivity contribution in [3.63, 3.8) is 0 Å². The number of carbonyl (C=O) groups is 1. The van der Waals surface area contributed by atoms with Crippen molar-refractivity contribution in [3.8, 4) is 11.5 Å². The zero-order valence-electron chi connectivity index (χ0n) is 12.4. The third-order valence-electron chi connectivity index (χ3n) is 2.65. The van der Waals surface area contributed by atoms with Gasteiger partial charge in [-0.25, -0.2) is 0 Å². The molecule has 0 atom stereocenters. The Balaban J connectivity index is 2.60. The van der Waals surface area contributed by atoms with E-state index in [1.54, 1.807) is 25.3 Å². The van der Waals surface area contributed by atoms with Crippen LogP contribution in [-0.2, 0) is 4.74 Å². The second kappa shape index (κ2) is 9.15. The molecule has 0 saturated carbocycles. The molecule has 7 heteroatoms. The van der Waals surface area contributed by atoms with Gasteiger partial charge in [-0.3, -0.25) is 10.1 Å². The van der Waals surface area contributed by atoms with Crippen molar-refractivity contribution < 1.29 is 19.0 Å². The molecule has 116 valence electrons. The lowest BCUT2D eigenvalue weighted by atomic mass is 10.2. The molecular formula is C14H20N2O4S. The molecule has 1 rings (SSSR count). The number of nitrogens with one attached hydrogen (secondary N) is 2. The van der Waals surface area contributed by atoms with Gasteiger partial charge in [0.2, 0.25) is 0 Å². The van der Waals surface area contributed by atoms with Crippen molar-refractivity contribution in [3.05, 3.63) is 23.8 Å².